The summed E-state index contributed by atoms with van der Waals surface area (Å²) in [6.07, 6.45) is 4.11. The average molecular weight is 223 g/mol. The zero-order valence-electron chi connectivity index (χ0n) is 8.91. The lowest BCUT2D eigenvalue weighted by atomic mass is 9.86. The van der Waals surface area contributed by atoms with Gasteiger partial charge in [-0.25, -0.2) is 4.98 Å². The van der Waals surface area contributed by atoms with Crippen molar-refractivity contribution in [3.63, 3.8) is 0 Å². The summed E-state index contributed by atoms with van der Waals surface area (Å²) in [7, 11) is 0. The highest BCUT2D eigenvalue weighted by atomic mass is 32.1. The molecule has 0 atom stereocenters. The fraction of sp³-hybridized carbons (Fsp3) is 0.727. The number of piperazine rings is 1. The minimum atomic E-state index is 0.784. The zero-order valence-corrected chi connectivity index (χ0v) is 9.72. The van der Waals surface area contributed by atoms with Gasteiger partial charge in [-0.2, -0.15) is 0 Å². The molecule has 0 unspecified atom stereocenters. The summed E-state index contributed by atoms with van der Waals surface area (Å²) in [6, 6.07) is 0. The molecule has 0 aromatic carbocycles. The van der Waals surface area contributed by atoms with Crippen LogP contribution in [0.1, 0.15) is 30.2 Å². The van der Waals surface area contributed by atoms with Gasteiger partial charge in [0.2, 0.25) is 0 Å². The number of thiazole rings is 1. The van der Waals surface area contributed by atoms with Crippen molar-refractivity contribution < 1.29 is 0 Å². The standard InChI is InChI=1S/C11H17N3S/c1-2-9(3-1)11-13-10(8-15-11)14-6-4-12-5-7-14/h8-9,12H,1-7H2. The van der Waals surface area contributed by atoms with Crippen LogP contribution in [0.5, 0.6) is 0 Å². The topological polar surface area (TPSA) is 28.2 Å². The number of hydrogen-bond donors (Lipinski definition) is 1. The average Bonchev–Trinajstić information content (AvgIpc) is 2.66. The molecule has 1 N–H and O–H groups in total. The van der Waals surface area contributed by atoms with E-state index in [1.54, 1.807) is 0 Å². The molecule has 3 nitrogen and oxygen atoms in total. The number of anilines is 1. The fourth-order valence-electron chi connectivity index (χ4n) is 2.16. The van der Waals surface area contributed by atoms with Gasteiger partial charge in [0.15, 0.2) is 0 Å². The van der Waals surface area contributed by atoms with Gasteiger partial charge >= 0.3 is 0 Å². The maximum atomic E-state index is 4.77. The Bertz CT molecular complexity index is 326. The van der Waals surface area contributed by atoms with E-state index in [-0.39, 0.29) is 0 Å². The quantitative estimate of drug-likeness (QED) is 0.829. The van der Waals surface area contributed by atoms with E-state index in [4.69, 9.17) is 4.98 Å². The number of aromatic nitrogens is 1. The summed E-state index contributed by atoms with van der Waals surface area (Å²) in [5.74, 6) is 2.00. The first kappa shape index (κ1) is 9.60. The summed E-state index contributed by atoms with van der Waals surface area (Å²) in [5.41, 5.74) is 0. The molecule has 82 valence electrons. The monoisotopic (exact) mass is 223 g/mol. The summed E-state index contributed by atoms with van der Waals surface area (Å²) >= 11 is 1.85. The first-order valence-corrected chi connectivity index (χ1v) is 6.72. The molecule has 0 bridgehead atoms. The van der Waals surface area contributed by atoms with Crippen LogP contribution in [0.25, 0.3) is 0 Å². The SMILES string of the molecule is c1sc(C2CCC2)nc1N1CCNCC1. The molecule has 3 rings (SSSR count). The lowest BCUT2D eigenvalue weighted by Crippen LogP contribution is -2.43. The van der Waals surface area contributed by atoms with Crippen molar-refractivity contribution in [1.82, 2.24) is 10.3 Å². The normalized spacial score (nSPS) is 22.8. The predicted octanol–water partition coefficient (Wildman–Crippen LogP) is 1.82. The second-order valence-corrected chi connectivity index (χ2v) is 5.30. The molecule has 0 radical (unpaired) electrons. The molecule has 2 aliphatic rings. The van der Waals surface area contributed by atoms with Gasteiger partial charge in [-0.1, -0.05) is 6.42 Å². The third-order valence-corrected chi connectivity index (χ3v) is 4.40. The summed E-state index contributed by atoms with van der Waals surface area (Å²) in [6.45, 7) is 4.40. The molecular formula is C11H17N3S. The smallest absolute Gasteiger partial charge is 0.139 e. The van der Waals surface area contributed by atoms with E-state index in [9.17, 15) is 0 Å². The van der Waals surface area contributed by atoms with Crippen LogP contribution < -0.4 is 10.2 Å². The van der Waals surface area contributed by atoms with E-state index in [1.165, 1.54) is 30.1 Å². The van der Waals surface area contributed by atoms with Gasteiger partial charge in [0, 0.05) is 37.5 Å². The Kier molecular flexibility index (Phi) is 2.63. The molecule has 4 heteroatoms. The Morgan fingerprint density at radius 3 is 2.80 bits per heavy atom. The van der Waals surface area contributed by atoms with Gasteiger partial charge < -0.3 is 10.2 Å². The van der Waals surface area contributed by atoms with Crippen LogP contribution in [0, 0.1) is 0 Å². The van der Waals surface area contributed by atoms with Gasteiger partial charge in [-0.15, -0.1) is 11.3 Å². The van der Waals surface area contributed by atoms with Gasteiger partial charge in [-0.3, -0.25) is 0 Å². The Hall–Kier alpha value is -0.610. The Morgan fingerprint density at radius 2 is 2.13 bits per heavy atom. The molecule has 1 aliphatic heterocycles. The van der Waals surface area contributed by atoms with Crippen LogP contribution in [-0.2, 0) is 0 Å². The van der Waals surface area contributed by atoms with Crippen LogP contribution in [0.15, 0.2) is 5.38 Å². The van der Waals surface area contributed by atoms with Crippen molar-refractivity contribution in [3.8, 4) is 0 Å². The largest absolute Gasteiger partial charge is 0.353 e. The number of rotatable bonds is 2. The Balaban J connectivity index is 1.71. The molecule has 2 heterocycles. The molecule has 1 aliphatic carbocycles. The van der Waals surface area contributed by atoms with E-state index in [1.807, 2.05) is 11.3 Å². The van der Waals surface area contributed by atoms with Crippen molar-refractivity contribution in [3.05, 3.63) is 10.4 Å². The van der Waals surface area contributed by atoms with Crippen LogP contribution in [0.3, 0.4) is 0 Å². The molecule has 1 saturated heterocycles. The summed E-state index contributed by atoms with van der Waals surface area (Å²) < 4.78 is 0. The van der Waals surface area contributed by atoms with Crippen molar-refractivity contribution in [1.29, 1.82) is 0 Å². The lowest BCUT2D eigenvalue weighted by Gasteiger charge is -2.27. The van der Waals surface area contributed by atoms with Crippen molar-refractivity contribution in [2.75, 3.05) is 31.1 Å². The summed E-state index contributed by atoms with van der Waals surface area (Å²) in [4.78, 5) is 7.17. The second-order valence-electron chi connectivity index (χ2n) is 4.41. The van der Waals surface area contributed by atoms with Crippen molar-refractivity contribution in [2.24, 2.45) is 0 Å². The van der Waals surface area contributed by atoms with Crippen LogP contribution in [-0.4, -0.2) is 31.2 Å². The molecule has 1 aromatic heterocycles. The maximum Gasteiger partial charge on any atom is 0.139 e. The first-order valence-electron chi connectivity index (χ1n) is 5.84. The van der Waals surface area contributed by atoms with E-state index < -0.39 is 0 Å². The molecule has 1 aromatic rings. The van der Waals surface area contributed by atoms with Gasteiger partial charge in [-0.05, 0) is 12.8 Å². The van der Waals surface area contributed by atoms with Crippen LogP contribution >= 0.6 is 11.3 Å². The maximum absolute atomic E-state index is 4.77. The molecule has 1 saturated carbocycles. The lowest BCUT2D eigenvalue weighted by molar-refractivity contribution is 0.418. The number of hydrogen-bond acceptors (Lipinski definition) is 4. The van der Waals surface area contributed by atoms with Crippen LogP contribution in [0.4, 0.5) is 5.82 Å². The van der Waals surface area contributed by atoms with E-state index in [0.29, 0.717) is 0 Å². The van der Waals surface area contributed by atoms with Gasteiger partial charge in [0.05, 0.1) is 5.01 Å². The fourth-order valence-corrected chi connectivity index (χ4v) is 3.16. The minimum absolute atomic E-state index is 0.784. The first-order chi connectivity index (χ1) is 7.43. The highest BCUT2D eigenvalue weighted by Gasteiger charge is 2.23. The van der Waals surface area contributed by atoms with Crippen molar-refractivity contribution >= 4 is 17.2 Å². The Labute approximate surface area is 94.5 Å². The van der Waals surface area contributed by atoms with E-state index in [2.05, 4.69) is 15.6 Å². The Morgan fingerprint density at radius 1 is 1.33 bits per heavy atom. The van der Waals surface area contributed by atoms with Crippen molar-refractivity contribution in [2.45, 2.75) is 25.2 Å². The third kappa shape index (κ3) is 1.88. The van der Waals surface area contributed by atoms with E-state index >= 15 is 0 Å². The highest BCUT2D eigenvalue weighted by Crippen LogP contribution is 2.38. The number of nitrogens with zero attached hydrogens (tertiary/aromatic N) is 2. The molecule has 0 amide bonds. The predicted molar refractivity (Wildman–Crippen MR) is 63.8 cm³/mol. The van der Waals surface area contributed by atoms with Crippen LogP contribution in [0.2, 0.25) is 0 Å². The molecule has 0 spiro atoms. The highest BCUT2D eigenvalue weighted by molar-refractivity contribution is 7.10. The minimum Gasteiger partial charge on any atom is -0.353 e. The number of nitrogens with one attached hydrogen (secondary N) is 1. The van der Waals surface area contributed by atoms with Gasteiger partial charge in [0.25, 0.3) is 0 Å². The van der Waals surface area contributed by atoms with E-state index in [0.717, 1.165) is 32.1 Å². The molecular weight excluding hydrogens is 206 g/mol. The third-order valence-electron chi connectivity index (χ3n) is 3.41. The van der Waals surface area contributed by atoms with Gasteiger partial charge in [0.1, 0.15) is 5.82 Å². The molecule has 2 fully saturated rings. The summed E-state index contributed by atoms with van der Waals surface area (Å²) in [5, 5.41) is 6.98. The zero-order chi connectivity index (χ0) is 10.1. The second kappa shape index (κ2) is 4.10. The molecule has 15 heavy (non-hydrogen) atoms.